The fourth-order valence-corrected chi connectivity index (χ4v) is 3.38. The van der Waals surface area contributed by atoms with Gasteiger partial charge in [0.1, 0.15) is 6.04 Å². The van der Waals surface area contributed by atoms with E-state index in [0.29, 0.717) is 12.1 Å². The Morgan fingerprint density at radius 3 is 2.52 bits per heavy atom. The molecule has 0 saturated heterocycles. The zero-order chi connectivity index (χ0) is 21.1. The summed E-state index contributed by atoms with van der Waals surface area (Å²) in [5.74, 6) is -0.242. The standard InChI is InChI=1S/C24H27N3O2/c1-6-22(24(29)25-20-9-7-8-16(3)18(20)5)27-23(28)13-12-21(26-27)19-14-15(2)10-11-17(19)4/h7-14,22H,6H2,1-5H3,(H,25,29)/t22-/m1/s1. The number of hydrogen-bond donors (Lipinski definition) is 1. The summed E-state index contributed by atoms with van der Waals surface area (Å²) < 4.78 is 1.30. The number of nitrogens with zero attached hydrogens (tertiary/aromatic N) is 2. The maximum Gasteiger partial charge on any atom is 0.267 e. The summed E-state index contributed by atoms with van der Waals surface area (Å²) in [5.41, 5.74) is 6.41. The van der Waals surface area contributed by atoms with Crippen LogP contribution in [0.5, 0.6) is 0 Å². The van der Waals surface area contributed by atoms with Crippen molar-refractivity contribution in [2.24, 2.45) is 0 Å². The zero-order valence-electron chi connectivity index (χ0n) is 17.6. The highest BCUT2D eigenvalue weighted by Gasteiger charge is 2.22. The lowest BCUT2D eigenvalue weighted by atomic mass is 10.0. The van der Waals surface area contributed by atoms with E-state index in [0.717, 1.165) is 33.5 Å². The van der Waals surface area contributed by atoms with E-state index in [1.807, 2.05) is 71.0 Å². The SMILES string of the molecule is CC[C@H](C(=O)Nc1cccc(C)c1C)n1nc(-c2cc(C)ccc2C)ccc1=O. The van der Waals surface area contributed by atoms with Gasteiger partial charge in [0.05, 0.1) is 5.69 Å². The Balaban J connectivity index is 1.99. The van der Waals surface area contributed by atoms with Crippen LogP contribution in [-0.2, 0) is 4.79 Å². The fraction of sp³-hybridized carbons (Fsp3) is 0.292. The first-order chi connectivity index (χ1) is 13.8. The van der Waals surface area contributed by atoms with Crippen molar-refractivity contribution in [3.63, 3.8) is 0 Å². The summed E-state index contributed by atoms with van der Waals surface area (Å²) in [6, 6.07) is 14.4. The number of rotatable bonds is 5. The van der Waals surface area contributed by atoms with Crippen LogP contribution in [0.15, 0.2) is 53.3 Å². The van der Waals surface area contributed by atoms with Crippen molar-refractivity contribution in [2.75, 3.05) is 5.32 Å². The number of hydrogen-bond acceptors (Lipinski definition) is 3. The average Bonchev–Trinajstić information content (AvgIpc) is 2.69. The number of nitrogens with one attached hydrogen (secondary N) is 1. The van der Waals surface area contributed by atoms with Crippen LogP contribution in [0.25, 0.3) is 11.3 Å². The predicted octanol–water partition coefficient (Wildman–Crippen LogP) is 4.73. The minimum Gasteiger partial charge on any atom is -0.324 e. The molecule has 1 heterocycles. The largest absolute Gasteiger partial charge is 0.324 e. The number of benzene rings is 2. The van der Waals surface area contributed by atoms with E-state index in [1.54, 1.807) is 6.07 Å². The Labute approximate surface area is 171 Å². The number of aromatic nitrogens is 2. The summed E-state index contributed by atoms with van der Waals surface area (Å²) in [6.45, 7) is 9.88. The molecule has 0 aliphatic carbocycles. The van der Waals surface area contributed by atoms with E-state index in [2.05, 4.69) is 10.4 Å². The van der Waals surface area contributed by atoms with Gasteiger partial charge in [0.2, 0.25) is 5.91 Å². The molecular formula is C24H27N3O2. The molecule has 0 aliphatic heterocycles. The van der Waals surface area contributed by atoms with Gasteiger partial charge in [-0.25, -0.2) is 4.68 Å². The molecule has 2 aromatic carbocycles. The summed E-state index contributed by atoms with van der Waals surface area (Å²) in [5, 5.41) is 7.53. The van der Waals surface area contributed by atoms with Crippen molar-refractivity contribution in [1.29, 1.82) is 0 Å². The van der Waals surface area contributed by atoms with Gasteiger partial charge in [0.15, 0.2) is 0 Å². The van der Waals surface area contributed by atoms with Gasteiger partial charge in [-0.3, -0.25) is 9.59 Å². The van der Waals surface area contributed by atoms with E-state index < -0.39 is 6.04 Å². The molecule has 5 nitrogen and oxygen atoms in total. The van der Waals surface area contributed by atoms with Crippen LogP contribution in [0.1, 0.15) is 41.6 Å². The molecule has 150 valence electrons. The number of aryl methyl sites for hydroxylation is 3. The zero-order valence-corrected chi connectivity index (χ0v) is 17.6. The first-order valence-corrected chi connectivity index (χ1v) is 9.86. The van der Waals surface area contributed by atoms with E-state index in [9.17, 15) is 9.59 Å². The molecule has 0 radical (unpaired) electrons. The van der Waals surface area contributed by atoms with Crippen molar-refractivity contribution < 1.29 is 4.79 Å². The molecule has 1 N–H and O–H groups in total. The second-order valence-electron chi connectivity index (χ2n) is 7.48. The van der Waals surface area contributed by atoms with E-state index >= 15 is 0 Å². The van der Waals surface area contributed by atoms with Crippen LogP contribution < -0.4 is 10.9 Å². The van der Waals surface area contributed by atoms with Gasteiger partial charge in [-0.15, -0.1) is 0 Å². The van der Waals surface area contributed by atoms with Gasteiger partial charge in [0, 0.05) is 17.3 Å². The van der Waals surface area contributed by atoms with Crippen LogP contribution in [0.3, 0.4) is 0 Å². The van der Waals surface area contributed by atoms with Gasteiger partial charge in [-0.1, -0.05) is 36.8 Å². The Hall–Kier alpha value is -3.21. The molecule has 29 heavy (non-hydrogen) atoms. The van der Waals surface area contributed by atoms with E-state index in [1.165, 1.54) is 10.7 Å². The molecule has 0 saturated carbocycles. The molecule has 1 aromatic heterocycles. The summed E-state index contributed by atoms with van der Waals surface area (Å²) in [6.07, 6.45) is 0.458. The second kappa shape index (κ2) is 8.43. The van der Waals surface area contributed by atoms with Crippen molar-refractivity contribution in [2.45, 2.75) is 47.1 Å². The molecule has 3 aromatic rings. The van der Waals surface area contributed by atoms with Gasteiger partial charge >= 0.3 is 0 Å². The van der Waals surface area contributed by atoms with Crippen LogP contribution in [0.2, 0.25) is 0 Å². The molecule has 0 fully saturated rings. The lowest BCUT2D eigenvalue weighted by Crippen LogP contribution is -2.34. The molecule has 0 unspecified atom stereocenters. The van der Waals surface area contributed by atoms with Crippen LogP contribution in [-0.4, -0.2) is 15.7 Å². The third-order valence-corrected chi connectivity index (χ3v) is 5.34. The minimum absolute atomic E-state index is 0.242. The maximum absolute atomic E-state index is 13.0. The maximum atomic E-state index is 13.0. The van der Waals surface area contributed by atoms with E-state index in [-0.39, 0.29) is 11.5 Å². The topological polar surface area (TPSA) is 64.0 Å². The number of anilines is 1. The molecule has 0 aliphatic rings. The Kier molecular flexibility index (Phi) is 5.97. The normalized spacial score (nSPS) is 11.9. The van der Waals surface area contributed by atoms with E-state index in [4.69, 9.17) is 0 Å². The Bertz CT molecular complexity index is 1120. The molecule has 0 spiro atoms. The highest BCUT2D eigenvalue weighted by molar-refractivity contribution is 5.94. The minimum atomic E-state index is -0.688. The molecule has 5 heteroatoms. The Morgan fingerprint density at radius 2 is 1.79 bits per heavy atom. The third kappa shape index (κ3) is 4.29. The number of amides is 1. The molecular weight excluding hydrogens is 362 g/mol. The predicted molar refractivity (Wildman–Crippen MR) is 117 cm³/mol. The van der Waals surface area contributed by atoms with Crippen molar-refractivity contribution in [3.8, 4) is 11.3 Å². The molecule has 1 amide bonds. The third-order valence-electron chi connectivity index (χ3n) is 5.34. The highest BCUT2D eigenvalue weighted by atomic mass is 16.2. The smallest absolute Gasteiger partial charge is 0.267 e. The summed E-state index contributed by atoms with van der Waals surface area (Å²) in [4.78, 5) is 25.6. The van der Waals surface area contributed by atoms with Crippen molar-refractivity contribution in [3.05, 3.63) is 81.1 Å². The average molecular weight is 389 g/mol. The molecule has 0 bridgehead atoms. The number of carbonyl (C=O) groups excluding carboxylic acids is 1. The first kappa shape index (κ1) is 20.5. The first-order valence-electron chi connectivity index (χ1n) is 9.86. The summed E-state index contributed by atoms with van der Waals surface area (Å²) >= 11 is 0. The quantitative estimate of drug-likeness (QED) is 0.686. The molecule has 3 rings (SSSR count). The number of carbonyl (C=O) groups is 1. The second-order valence-corrected chi connectivity index (χ2v) is 7.48. The van der Waals surface area contributed by atoms with Crippen molar-refractivity contribution in [1.82, 2.24) is 9.78 Å². The van der Waals surface area contributed by atoms with Crippen molar-refractivity contribution >= 4 is 11.6 Å². The molecule has 1 atom stereocenters. The van der Waals surface area contributed by atoms with Crippen LogP contribution >= 0.6 is 0 Å². The van der Waals surface area contributed by atoms with Gasteiger partial charge in [0.25, 0.3) is 5.56 Å². The Morgan fingerprint density at radius 1 is 1.03 bits per heavy atom. The monoisotopic (exact) mass is 389 g/mol. The summed E-state index contributed by atoms with van der Waals surface area (Å²) in [7, 11) is 0. The fourth-order valence-electron chi connectivity index (χ4n) is 3.38. The van der Waals surface area contributed by atoms with Crippen LogP contribution in [0, 0.1) is 27.7 Å². The van der Waals surface area contributed by atoms with Gasteiger partial charge < -0.3 is 5.32 Å². The lowest BCUT2D eigenvalue weighted by Gasteiger charge is -2.19. The van der Waals surface area contributed by atoms with Gasteiger partial charge in [-0.2, -0.15) is 5.10 Å². The van der Waals surface area contributed by atoms with Crippen LogP contribution in [0.4, 0.5) is 5.69 Å². The lowest BCUT2D eigenvalue weighted by molar-refractivity contribution is -0.119. The highest BCUT2D eigenvalue weighted by Crippen LogP contribution is 2.23. The van der Waals surface area contributed by atoms with Gasteiger partial charge in [-0.05, 0) is 69.0 Å².